The van der Waals surface area contributed by atoms with Crippen LogP contribution in [0.5, 0.6) is 0 Å². The number of pyridine rings is 1. The molecule has 0 saturated heterocycles. The van der Waals surface area contributed by atoms with Crippen LogP contribution in [0.3, 0.4) is 0 Å². The summed E-state index contributed by atoms with van der Waals surface area (Å²) in [5, 5.41) is 0. The zero-order valence-corrected chi connectivity index (χ0v) is 10.3. The van der Waals surface area contributed by atoms with Gasteiger partial charge in [0, 0.05) is 23.5 Å². The third-order valence-corrected chi connectivity index (χ3v) is 2.53. The van der Waals surface area contributed by atoms with E-state index in [9.17, 15) is 9.18 Å². The third kappa shape index (κ3) is 3.17. The molecule has 1 aromatic carbocycles. The van der Waals surface area contributed by atoms with E-state index in [0.29, 0.717) is 22.3 Å². The summed E-state index contributed by atoms with van der Waals surface area (Å²) in [6.45, 7) is 1.68. The molecule has 1 amide bonds. The van der Waals surface area contributed by atoms with Crippen LogP contribution in [0.15, 0.2) is 36.7 Å². The number of amides is 1. The van der Waals surface area contributed by atoms with Crippen molar-refractivity contribution >= 4 is 5.91 Å². The maximum Gasteiger partial charge on any atom is 0.250 e. The van der Waals surface area contributed by atoms with Gasteiger partial charge in [0.1, 0.15) is 5.82 Å². The molecule has 2 aromatic rings. The predicted molar refractivity (Wildman–Crippen MR) is 69.9 cm³/mol. The van der Waals surface area contributed by atoms with Gasteiger partial charge in [-0.05, 0) is 36.8 Å². The number of nitrogens with zero attached hydrogens (tertiary/aromatic N) is 1. The Morgan fingerprint density at radius 1 is 1.21 bits per heavy atom. The lowest BCUT2D eigenvalue weighted by Gasteiger charge is -1.96. The number of nitrogens with two attached hydrogens (primary N) is 1. The second-order valence-electron chi connectivity index (χ2n) is 4.04. The number of benzene rings is 1. The number of hydrogen-bond acceptors (Lipinski definition) is 2. The lowest BCUT2D eigenvalue weighted by molar-refractivity contribution is 0.1000. The van der Waals surface area contributed by atoms with Crippen molar-refractivity contribution in [2.45, 2.75) is 6.92 Å². The van der Waals surface area contributed by atoms with E-state index in [1.54, 1.807) is 25.1 Å². The van der Waals surface area contributed by atoms with Crippen LogP contribution in [-0.4, -0.2) is 10.9 Å². The molecule has 3 nitrogen and oxygen atoms in total. The minimum atomic E-state index is -0.547. The first kappa shape index (κ1) is 12.8. The first-order valence-corrected chi connectivity index (χ1v) is 5.59. The summed E-state index contributed by atoms with van der Waals surface area (Å²) < 4.78 is 13.1. The standard InChI is InChI=1S/C15H11FN2O/c1-10-6-11(4-5-14(10)16)2-3-12-7-13(15(17)19)9-18-8-12/h4-9H,1H3,(H2,17,19). The molecular formula is C15H11FN2O. The molecule has 0 aliphatic carbocycles. The van der Waals surface area contributed by atoms with E-state index in [-0.39, 0.29) is 5.82 Å². The van der Waals surface area contributed by atoms with Crippen molar-refractivity contribution < 1.29 is 9.18 Å². The highest BCUT2D eigenvalue weighted by atomic mass is 19.1. The maximum absolute atomic E-state index is 13.1. The summed E-state index contributed by atoms with van der Waals surface area (Å²) in [6, 6.07) is 6.20. The Labute approximate surface area is 110 Å². The minimum absolute atomic E-state index is 0.261. The number of halogens is 1. The normalized spacial score (nSPS) is 9.58. The van der Waals surface area contributed by atoms with Crippen molar-refractivity contribution in [1.82, 2.24) is 4.98 Å². The summed E-state index contributed by atoms with van der Waals surface area (Å²) >= 11 is 0. The summed E-state index contributed by atoms with van der Waals surface area (Å²) in [4.78, 5) is 14.9. The molecule has 4 heteroatoms. The average Bonchev–Trinajstić information content (AvgIpc) is 2.40. The lowest BCUT2D eigenvalue weighted by atomic mass is 10.1. The van der Waals surface area contributed by atoms with E-state index < -0.39 is 5.91 Å². The Bertz CT molecular complexity index is 699. The smallest absolute Gasteiger partial charge is 0.250 e. The Morgan fingerprint density at radius 3 is 2.63 bits per heavy atom. The molecule has 19 heavy (non-hydrogen) atoms. The van der Waals surface area contributed by atoms with E-state index >= 15 is 0 Å². The fraction of sp³-hybridized carbons (Fsp3) is 0.0667. The molecule has 0 atom stereocenters. The molecule has 2 rings (SSSR count). The van der Waals surface area contributed by atoms with Crippen molar-refractivity contribution in [2.24, 2.45) is 5.73 Å². The predicted octanol–water partition coefficient (Wildman–Crippen LogP) is 2.03. The van der Waals surface area contributed by atoms with Crippen LogP contribution in [0.4, 0.5) is 4.39 Å². The van der Waals surface area contributed by atoms with Crippen molar-refractivity contribution in [2.75, 3.05) is 0 Å². The van der Waals surface area contributed by atoms with Crippen molar-refractivity contribution in [1.29, 1.82) is 0 Å². The van der Waals surface area contributed by atoms with Crippen LogP contribution in [0.2, 0.25) is 0 Å². The molecule has 0 saturated carbocycles. The number of aryl methyl sites for hydroxylation is 1. The lowest BCUT2D eigenvalue weighted by Crippen LogP contribution is -2.11. The molecule has 1 aromatic heterocycles. The number of carbonyl (C=O) groups excluding carboxylic acids is 1. The molecule has 1 heterocycles. The Morgan fingerprint density at radius 2 is 1.95 bits per heavy atom. The van der Waals surface area contributed by atoms with Crippen LogP contribution in [-0.2, 0) is 0 Å². The number of carbonyl (C=O) groups is 1. The van der Waals surface area contributed by atoms with Gasteiger partial charge in [0.2, 0.25) is 5.91 Å². The van der Waals surface area contributed by atoms with E-state index in [4.69, 9.17) is 5.73 Å². The van der Waals surface area contributed by atoms with Gasteiger partial charge in [-0.15, -0.1) is 0 Å². The van der Waals surface area contributed by atoms with Crippen molar-refractivity contribution in [3.63, 3.8) is 0 Å². The highest BCUT2D eigenvalue weighted by molar-refractivity contribution is 5.92. The van der Waals surface area contributed by atoms with Gasteiger partial charge in [-0.1, -0.05) is 11.8 Å². The SMILES string of the molecule is Cc1cc(C#Cc2cncc(C(N)=O)c2)ccc1F. The summed E-state index contributed by atoms with van der Waals surface area (Å²) in [6.07, 6.45) is 2.92. The molecular weight excluding hydrogens is 243 g/mol. The molecule has 94 valence electrons. The van der Waals surface area contributed by atoms with E-state index in [1.807, 2.05) is 0 Å². The van der Waals surface area contributed by atoms with E-state index in [1.165, 1.54) is 18.5 Å². The van der Waals surface area contributed by atoms with Gasteiger partial charge in [0.05, 0.1) is 5.56 Å². The molecule has 0 bridgehead atoms. The van der Waals surface area contributed by atoms with Crippen LogP contribution >= 0.6 is 0 Å². The summed E-state index contributed by atoms with van der Waals surface area (Å²) in [7, 11) is 0. The van der Waals surface area contributed by atoms with Gasteiger partial charge in [-0.25, -0.2) is 4.39 Å². The molecule has 0 radical (unpaired) electrons. The fourth-order valence-electron chi connectivity index (χ4n) is 1.51. The van der Waals surface area contributed by atoms with Gasteiger partial charge in [-0.3, -0.25) is 9.78 Å². The topological polar surface area (TPSA) is 56.0 Å². The average molecular weight is 254 g/mol. The Balaban J connectivity index is 2.31. The van der Waals surface area contributed by atoms with Gasteiger partial charge in [-0.2, -0.15) is 0 Å². The molecule has 0 fully saturated rings. The molecule has 0 unspecified atom stereocenters. The first-order valence-electron chi connectivity index (χ1n) is 5.59. The summed E-state index contributed by atoms with van der Waals surface area (Å²) in [5.41, 5.74) is 7.28. The highest BCUT2D eigenvalue weighted by Crippen LogP contribution is 2.08. The Kier molecular flexibility index (Phi) is 3.58. The van der Waals surface area contributed by atoms with Crippen LogP contribution in [0.25, 0.3) is 0 Å². The number of hydrogen-bond donors (Lipinski definition) is 1. The van der Waals surface area contributed by atoms with Crippen LogP contribution in [0.1, 0.15) is 27.0 Å². The maximum atomic E-state index is 13.1. The van der Waals surface area contributed by atoms with Crippen molar-refractivity contribution in [3.05, 3.63) is 64.7 Å². The Hall–Kier alpha value is -2.67. The highest BCUT2D eigenvalue weighted by Gasteiger charge is 2.00. The molecule has 0 aliphatic rings. The van der Waals surface area contributed by atoms with Gasteiger partial charge in [0.15, 0.2) is 0 Å². The number of aromatic nitrogens is 1. The number of primary amides is 1. The van der Waals surface area contributed by atoms with Crippen molar-refractivity contribution in [3.8, 4) is 11.8 Å². The molecule has 2 N–H and O–H groups in total. The monoisotopic (exact) mass is 254 g/mol. The van der Waals surface area contributed by atoms with Crippen LogP contribution in [0, 0.1) is 24.6 Å². The molecule has 0 spiro atoms. The third-order valence-electron chi connectivity index (χ3n) is 2.53. The van der Waals surface area contributed by atoms with E-state index in [0.717, 1.165) is 0 Å². The summed E-state index contributed by atoms with van der Waals surface area (Å²) in [5.74, 6) is 4.94. The largest absolute Gasteiger partial charge is 0.366 e. The van der Waals surface area contributed by atoms with E-state index in [2.05, 4.69) is 16.8 Å². The number of rotatable bonds is 1. The zero-order chi connectivity index (χ0) is 13.8. The molecule has 0 aliphatic heterocycles. The first-order chi connectivity index (χ1) is 9.06. The minimum Gasteiger partial charge on any atom is -0.366 e. The van der Waals surface area contributed by atoms with Gasteiger partial charge >= 0.3 is 0 Å². The van der Waals surface area contributed by atoms with Gasteiger partial charge in [0.25, 0.3) is 0 Å². The fourth-order valence-corrected chi connectivity index (χ4v) is 1.51. The quantitative estimate of drug-likeness (QED) is 0.792. The zero-order valence-electron chi connectivity index (χ0n) is 10.3. The second-order valence-corrected chi connectivity index (χ2v) is 4.04. The van der Waals surface area contributed by atoms with Crippen LogP contribution < -0.4 is 5.73 Å². The van der Waals surface area contributed by atoms with Gasteiger partial charge < -0.3 is 5.73 Å². The second kappa shape index (κ2) is 5.32.